The molecule has 0 fully saturated rings. The van der Waals surface area contributed by atoms with Crippen molar-refractivity contribution >= 4 is 46.0 Å². The Labute approximate surface area is 170 Å². The van der Waals surface area contributed by atoms with Gasteiger partial charge in [-0.2, -0.15) is 18.3 Å². The first-order valence-electron chi connectivity index (χ1n) is 8.05. The Balaban J connectivity index is 1.73. The van der Waals surface area contributed by atoms with Crippen LogP contribution in [0.2, 0.25) is 5.02 Å². The van der Waals surface area contributed by atoms with E-state index in [-0.39, 0.29) is 45.8 Å². The van der Waals surface area contributed by atoms with E-state index in [1.807, 2.05) is 0 Å². The van der Waals surface area contributed by atoms with Crippen LogP contribution in [0.15, 0.2) is 34.3 Å². The van der Waals surface area contributed by atoms with E-state index >= 15 is 0 Å². The van der Waals surface area contributed by atoms with Crippen LogP contribution in [0.3, 0.4) is 0 Å². The van der Waals surface area contributed by atoms with Crippen LogP contribution in [0.5, 0.6) is 0 Å². The highest BCUT2D eigenvalue weighted by molar-refractivity contribution is 7.99. The molecule has 3 N–H and O–H groups in total. The highest BCUT2D eigenvalue weighted by Gasteiger charge is 2.31. The first-order chi connectivity index (χ1) is 13.7. The molecule has 0 aliphatic carbocycles. The number of halogens is 4. The summed E-state index contributed by atoms with van der Waals surface area (Å²) in [6.07, 6.45) is -3.26. The van der Waals surface area contributed by atoms with Gasteiger partial charge < -0.3 is 15.4 Å². The number of benzene rings is 1. The van der Waals surface area contributed by atoms with Gasteiger partial charge in [-0.05, 0) is 18.2 Å². The lowest BCUT2D eigenvalue weighted by Gasteiger charge is -2.11. The van der Waals surface area contributed by atoms with E-state index in [1.54, 1.807) is 0 Å². The van der Waals surface area contributed by atoms with E-state index < -0.39 is 23.2 Å². The summed E-state index contributed by atoms with van der Waals surface area (Å²) >= 11 is 6.72. The third-order valence-corrected chi connectivity index (χ3v) is 4.91. The second-order valence-corrected chi connectivity index (χ2v) is 7.10. The summed E-state index contributed by atoms with van der Waals surface area (Å²) < 4.78 is 39.8. The fraction of sp³-hybridized carbons (Fsp3) is 0.250. The number of amides is 1. The summed E-state index contributed by atoms with van der Waals surface area (Å²) in [4.78, 5) is 30.9. The quantitative estimate of drug-likeness (QED) is 0.395. The van der Waals surface area contributed by atoms with Gasteiger partial charge in [0.25, 0.3) is 5.56 Å². The molecule has 0 saturated heterocycles. The van der Waals surface area contributed by atoms with Crippen molar-refractivity contribution in [1.29, 1.82) is 0 Å². The molecule has 8 nitrogen and oxygen atoms in total. The second kappa shape index (κ2) is 8.43. The van der Waals surface area contributed by atoms with Crippen LogP contribution in [0.1, 0.15) is 5.56 Å². The van der Waals surface area contributed by atoms with Crippen molar-refractivity contribution in [3.63, 3.8) is 0 Å². The predicted octanol–water partition coefficient (Wildman–Crippen LogP) is 2.51. The molecule has 0 spiro atoms. The normalized spacial score (nSPS) is 11.8. The van der Waals surface area contributed by atoms with Gasteiger partial charge in [0, 0.05) is 0 Å². The molecule has 0 aliphatic rings. The maximum absolute atomic E-state index is 12.8. The molecule has 13 heteroatoms. The minimum Gasteiger partial charge on any atom is -0.394 e. The summed E-state index contributed by atoms with van der Waals surface area (Å²) in [6.45, 7) is -0.0630. The van der Waals surface area contributed by atoms with Crippen molar-refractivity contribution in [3.8, 4) is 0 Å². The molecule has 154 valence electrons. The first kappa shape index (κ1) is 21.1. The lowest BCUT2D eigenvalue weighted by molar-refractivity contribution is -0.137. The van der Waals surface area contributed by atoms with E-state index in [0.29, 0.717) is 0 Å². The largest absolute Gasteiger partial charge is 0.416 e. The van der Waals surface area contributed by atoms with Crippen LogP contribution in [-0.4, -0.2) is 43.1 Å². The Morgan fingerprint density at radius 3 is 2.83 bits per heavy atom. The Bertz CT molecular complexity index is 1120. The maximum Gasteiger partial charge on any atom is 0.416 e. The second-order valence-electron chi connectivity index (χ2n) is 5.73. The number of aromatic nitrogens is 4. The summed E-state index contributed by atoms with van der Waals surface area (Å²) in [5, 5.41) is 15.6. The van der Waals surface area contributed by atoms with E-state index in [0.717, 1.165) is 30.0 Å². The molecule has 1 amide bonds. The van der Waals surface area contributed by atoms with Gasteiger partial charge in [0.1, 0.15) is 5.39 Å². The fourth-order valence-electron chi connectivity index (χ4n) is 2.39. The molecule has 2 heterocycles. The van der Waals surface area contributed by atoms with Crippen LogP contribution < -0.4 is 10.9 Å². The smallest absolute Gasteiger partial charge is 0.394 e. The van der Waals surface area contributed by atoms with Crippen LogP contribution in [0.4, 0.5) is 18.9 Å². The van der Waals surface area contributed by atoms with Gasteiger partial charge in [0.15, 0.2) is 10.8 Å². The zero-order valence-electron chi connectivity index (χ0n) is 14.5. The molecule has 3 rings (SSSR count). The first-order valence-corrected chi connectivity index (χ1v) is 9.41. The number of hydrogen-bond donors (Lipinski definition) is 3. The van der Waals surface area contributed by atoms with Gasteiger partial charge in [-0.15, -0.1) is 0 Å². The summed E-state index contributed by atoms with van der Waals surface area (Å²) in [7, 11) is 0. The number of aliphatic hydroxyl groups is 1. The van der Waals surface area contributed by atoms with Crippen molar-refractivity contribution in [1.82, 2.24) is 19.7 Å². The highest BCUT2D eigenvalue weighted by Crippen LogP contribution is 2.33. The number of alkyl halides is 3. The zero-order valence-corrected chi connectivity index (χ0v) is 16.0. The van der Waals surface area contributed by atoms with Gasteiger partial charge in [0.05, 0.1) is 41.4 Å². The van der Waals surface area contributed by atoms with Crippen LogP contribution in [0.25, 0.3) is 11.0 Å². The van der Waals surface area contributed by atoms with Crippen molar-refractivity contribution in [2.45, 2.75) is 17.9 Å². The standard InChI is InChI=1S/C16H13ClF3N5O3S/c17-10-2-1-8(16(18,19)20)5-11(10)22-12(27)7-29-15-23-13-9(14(28)24-15)6-21-25(13)3-4-26/h1-2,5-6,26H,3-4,7H2,(H,22,27)(H,23,24,28). The summed E-state index contributed by atoms with van der Waals surface area (Å²) in [6, 6.07) is 2.60. The number of thioether (sulfide) groups is 1. The third kappa shape index (κ3) is 4.89. The van der Waals surface area contributed by atoms with Gasteiger partial charge in [-0.1, -0.05) is 23.4 Å². The Morgan fingerprint density at radius 2 is 2.14 bits per heavy atom. The maximum atomic E-state index is 12.8. The number of nitrogens with one attached hydrogen (secondary N) is 2. The summed E-state index contributed by atoms with van der Waals surface area (Å²) in [5.74, 6) is -0.877. The SMILES string of the molecule is O=C(CSc1nc2c(cnn2CCO)c(=O)[nH]1)Nc1cc(C(F)(F)F)ccc1Cl. The third-order valence-electron chi connectivity index (χ3n) is 3.70. The number of nitrogens with zero attached hydrogens (tertiary/aromatic N) is 3. The molecular weight excluding hydrogens is 435 g/mol. The lowest BCUT2D eigenvalue weighted by atomic mass is 10.2. The number of fused-ring (bicyclic) bond motifs is 1. The minimum atomic E-state index is -4.57. The van der Waals surface area contributed by atoms with Crippen LogP contribution >= 0.6 is 23.4 Å². The number of H-pyrrole nitrogens is 1. The topological polar surface area (TPSA) is 113 Å². The monoisotopic (exact) mass is 447 g/mol. The van der Waals surface area contributed by atoms with Crippen molar-refractivity contribution in [2.24, 2.45) is 0 Å². The van der Waals surface area contributed by atoms with Crippen molar-refractivity contribution in [3.05, 3.63) is 45.3 Å². The van der Waals surface area contributed by atoms with Gasteiger partial charge in [0.2, 0.25) is 5.91 Å². The Morgan fingerprint density at radius 1 is 1.38 bits per heavy atom. The van der Waals surface area contributed by atoms with Gasteiger partial charge in [-0.3, -0.25) is 9.59 Å². The van der Waals surface area contributed by atoms with Gasteiger partial charge >= 0.3 is 6.18 Å². The molecule has 0 aliphatic heterocycles. The zero-order chi connectivity index (χ0) is 21.2. The Kier molecular flexibility index (Phi) is 6.15. The molecular formula is C16H13ClF3N5O3S. The highest BCUT2D eigenvalue weighted by atomic mass is 35.5. The number of aliphatic hydroxyl groups excluding tert-OH is 1. The molecule has 0 atom stereocenters. The van der Waals surface area contributed by atoms with Crippen molar-refractivity contribution < 1.29 is 23.1 Å². The Hall–Kier alpha value is -2.57. The number of carbonyl (C=O) groups is 1. The van der Waals surface area contributed by atoms with E-state index in [9.17, 15) is 22.8 Å². The molecule has 0 radical (unpaired) electrons. The van der Waals surface area contributed by atoms with Crippen LogP contribution in [0, 0.1) is 0 Å². The molecule has 3 aromatic rings. The van der Waals surface area contributed by atoms with E-state index in [1.165, 1.54) is 10.9 Å². The molecule has 0 bridgehead atoms. The van der Waals surface area contributed by atoms with Gasteiger partial charge in [-0.25, -0.2) is 9.67 Å². The fourth-order valence-corrected chi connectivity index (χ4v) is 3.21. The number of anilines is 1. The molecule has 29 heavy (non-hydrogen) atoms. The van der Waals surface area contributed by atoms with E-state index in [4.69, 9.17) is 16.7 Å². The number of hydrogen-bond acceptors (Lipinski definition) is 6. The number of rotatable bonds is 6. The molecule has 0 saturated carbocycles. The molecule has 2 aromatic heterocycles. The number of carbonyl (C=O) groups excluding carboxylic acids is 1. The summed E-state index contributed by atoms with van der Waals surface area (Å²) in [5.41, 5.74) is -1.35. The minimum absolute atomic E-state index is 0.0443. The van der Waals surface area contributed by atoms with E-state index in [2.05, 4.69) is 20.4 Å². The molecule has 1 aromatic carbocycles. The average Bonchev–Trinajstić information content (AvgIpc) is 3.05. The number of aromatic amines is 1. The predicted molar refractivity (Wildman–Crippen MR) is 101 cm³/mol. The van der Waals surface area contributed by atoms with Crippen molar-refractivity contribution in [2.75, 3.05) is 17.7 Å². The molecule has 0 unspecified atom stereocenters. The average molecular weight is 448 g/mol. The van der Waals surface area contributed by atoms with Crippen LogP contribution in [-0.2, 0) is 17.5 Å². The lowest BCUT2D eigenvalue weighted by Crippen LogP contribution is -2.17.